The zero-order valence-corrected chi connectivity index (χ0v) is 8.40. The van der Waals surface area contributed by atoms with Gasteiger partial charge in [-0.05, 0) is 12.0 Å². The van der Waals surface area contributed by atoms with Crippen LogP contribution in [0.4, 0.5) is 0 Å². The van der Waals surface area contributed by atoms with E-state index in [9.17, 15) is 0 Å². The first-order valence-corrected chi connectivity index (χ1v) is 4.84. The van der Waals surface area contributed by atoms with Crippen molar-refractivity contribution in [3.05, 3.63) is 35.9 Å². The smallest absolute Gasteiger partial charge is 0.126 e. The van der Waals surface area contributed by atoms with E-state index < -0.39 is 0 Å². The third-order valence-corrected chi connectivity index (χ3v) is 1.93. The van der Waals surface area contributed by atoms with Gasteiger partial charge in [0, 0.05) is 5.71 Å². The summed E-state index contributed by atoms with van der Waals surface area (Å²) < 4.78 is 0. The van der Waals surface area contributed by atoms with Crippen molar-refractivity contribution in [3.8, 4) is 6.07 Å². The molecule has 0 aliphatic rings. The third kappa shape index (κ3) is 3.02. The topological polar surface area (TPSA) is 36.1 Å². The van der Waals surface area contributed by atoms with Crippen molar-refractivity contribution in [1.82, 2.24) is 0 Å². The monoisotopic (exact) mass is 186 g/mol. The molecule has 0 aliphatic carbocycles. The van der Waals surface area contributed by atoms with Crippen LogP contribution in [0.1, 0.15) is 25.3 Å². The number of nitriles is 1. The van der Waals surface area contributed by atoms with Gasteiger partial charge in [-0.15, -0.1) is 0 Å². The second-order valence-electron chi connectivity index (χ2n) is 3.04. The van der Waals surface area contributed by atoms with Gasteiger partial charge < -0.3 is 0 Å². The third-order valence-electron chi connectivity index (χ3n) is 1.93. The molecule has 0 N–H and O–H groups in total. The fourth-order valence-electron chi connectivity index (χ4n) is 1.31. The minimum atomic E-state index is 0.254. The molecule has 0 aliphatic heterocycles. The molecule has 1 rings (SSSR count). The first kappa shape index (κ1) is 10.5. The number of hydrogen-bond donors (Lipinski definition) is 0. The summed E-state index contributed by atoms with van der Waals surface area (Å²) in [4.78, 5) is 4.26. The molecule has 0 atom stereocenters. The van der Waals surface area contributed by atoms with E-state index in [-0.39, 0.29) is 6.54 Å². The first-order valence-electron chi connectivity index (χ1n) is 4.84. The molecule has 0 amide bonds. The van der Waals surface area contributed by atoms with Crippen molar-refractivity contribution in [1.29, 1.82) is 5.26 Å². The Balaban J connectivity index is 2.84. The Morgan fingerprint density at radius 2 is 2.07 bits per heavy atom. The molecule has 0 fully saturated rings. The average Bonchev–Trinajstić information content (AvgIpc) is 2.25. The van der Waals surface area contributed by atoms with Crippen LogP contribution in [0.15, 0.2) is 35.3 Å². The lowest BCUT2D eigenvalue weighted by molar-refractivity contribution is 0.984. The van der Waals surface area contributed by atoms with Crippen molar-refractivity contribution in [2.75, 3.05) is 6.54 Å². The standard InChI is InChI=1S/C12H14N2/c1-2-6-12(14-10-9-13)11-7-4-3-5-8-11/h3-5,7-8H,2,6,10H2,1H3. The fraction of sp³-hybridized carbons (Fsp3) is 0.333. The fourth-order valence-corrected chi connectivity index (χ4v) is 1.31. The Morgan fingerprint density at radius 1 is 1.36 bits per heavy atom. The molecule has 0 saturated heterocycles. The maximum atomic E-state index is 8.47. The van der Waals surface area contributed by atoms with E-state index >= 15 is 0 Å². The molecular weight excluding hydrogens is 172 g/mol. The molecule has 14 heavy (non-hydrogen) atoms. The summed E-state index contributed by atoms with van der Waals surface area (Å²) in [5.41, 5.74) is 2.17. The van der Waals surface area contributed by atoms with E-state index in [1.54, 1.807) is 0 Å². The van der Waals surface area contributed by atoms with E-state index in [1.807, 2.05) is 36.4 Å². The molecule has 0 spiro atoms. The van der Waals surface area contributed by atoms with Crippen LogP contribution in [-0.4, -0.2) is 12.3 Å². The maximum absolute atomic E-state index is 8.47. The van der Waals surface area contributed by atoms with Gasteiger partial charge in [0.05, 0.1) is 6.07 Å². The van der Waals surface area contributed by atoms with Gasteiger partial charge in [-0.1, -0.05) is 43.7 Å². The highest BCUT2D eigenvalue weighted by atomic mass is 14.7. The largest absolute Gasteiger partial charge is 0.274 e. The molecule has 1 aromatic rings. The van der Waals surface area contributed by atoms with Gasteiger partial charge in [-0.2, -0.15) is 5.26 Å². The molecule has 72 valence electrons. The van der Waals surface area contributed by atoms with E-state index in [2.05, 4.69) is 11.9 Å². The maximum Gasteiger partial charge on any atom is 0.126 e. The second-order valence-corrected chi connectivity index (χ2v) is 3.04. The predicted octanol–water partition coefficient (Wildman–Crippen LogP) is 2.80. The summed E-state index contributed by atoms with van der Waals surface area (Å²) in [6.45, 7) is 2.37. The summed E-state index contributed by atoms with van der Waals surface area (Å²) in [6.07, 6.45) is 1.99. The summed E-state index contributed by atoms with van der Waals surface area (Å²) in [7, 11) is 0. The molecular formula is C12H14N2. The summed E-state index contributed by atoms with van der Waals surface area (Å²) in [5.74, 6) is 0. The lowest BCUT2D eigenvalue weighted by atomic mass is 10.1. The molecule has 0 bridgehead atoms. The Labute approximate surface area is 84.9 Å². The zero-order chi connectivity index (χ0) is 10.2. The average molecular weight is 186 g/mol. The van der Waals surface area contributed by atoms with E-state index in [0.29, 0.717) is 0 Å². The second kappa shape index (κ2) is 5.93. The number of aliphatic imine (C=N–C) groups is 1. The number of hydrogen-bond acceptors (Lipinski definition) is 2. The summed E-state index contributed by atoms with van der Waals surface area (Å²) >= 11 is 0. The number of nitrogens with zero attached hydrogens (tertiary/aromatic N) is 2. The van der Waals surface area contributed by atoms with Crippen LogP contribution < -0.4 is 0 Å². The first-order chi connectivity index (χ1) is 6.88. The molecule has 0 unspecified atom stereocenters. The van der Waals surface area contributed by atoms with Crippen molar-refractivity contribution >= 4 is 5.71 Å². The Hall–Kier alpha value is -1.62. The van der Waals surface area contributed by atoms with Crippen molar-refractivity contribution in [2.24, 2.45) is 4.99 Å². The highest BCUT2D eigenvalue weighted by molar-refractivity contribution is 6.00. The van der Waals surface area contributed by atoms with Crippen LogP contribution in [0.25, 0.3) is 0 Å². The zero-order valence-electron chi connectivity index (χ0n) is 8.40. The quantitative estimate of drug-likeness (QED) is 0.526. The molecule has 2 nitrogen and oxygen atoms in total. The molecule has 0 radical (unpaired) electrons. The van der Waals surface area contributed by atoms with Crippen LogP contribution in [0.2, 0.25) is 0 Å². The van der Waals surface area contributed by atoms with Crippen LogP contribution in [0.5, 0.6) is 0 Å². The van der Waals surface area contributed by atoms with Crippen LogP contribution in [-0.2, 0) is 0 Å². The lowest BCUT2D eigenvalue weighted by Crippen LogP contribution is -2.01. The van der Waals surface area contributed by atoms with Crippen LogP contribution in [0.3, 0.4) is 0 Å². The van der Waals surface area contributed by atoms with Gasteiger partial charge in [0.2, 0.25) is 0 Å². The minimum absolute atomic E-state index is 0.254. The van der Waals surface area contributed by atoms with Crippen molar-refractivity contribution < 1.29 is 0 Å². The van der Waals surface area contributed by atoms with E-state index in [1.165, 1.54) is 0 Å². The molecule has 0 heterocycles. The van der Waals surface area contributed by atoms with Crippen molar-refractivity contribution in [3.63, 3.8) is 0 Å². The highest BCUT2D eigenvalue weighted by Crippen LogP contribution is 2.06. The van der Waals surface area contributed by atoms with Gasteiger partial charge >= 0.3 is 0 Å². The highest BCUT2D eigenvalue weighted by Gasteiger charge is 2.00. The number of rotatable bonds is 4. The molecule has 2 heteroatoms. The van der Waals surface area contributed by atoms with E-state index in [0.717, 1.165) is 24.1 Å². The van der Waals surface area contributed by atoms with E-state index in [4.69, 9.17) is 5.26 Å². The lowest BCUT2D eigenvalue weighted by Gasteiger charge is -2.03. The Bertz CT molecular complexity index is 333. The van der Waals surface area contributed by atoms with Gasteiger partial charge in [-0.3, -0.25) is 4.99 Å². The molecule has 0 saturated carbocycles. The van der Waals surface area contributed by atoms with Gasteiger partial charge in [0.25, 0.3) is 0 Å². The molecule has 0 aromatic heterocycles. The summed E-state index contributed by atoms with van der Waals surface area (Å²) in [5, 5.41) is 8.47. The number of benzene rings is 1. The Kier molecular flexibility index (Phi) is 4.43. The normalized spacial score (nSPS) is 11.0. The minimum Gasteiger partial charge on any atom is -0.274 e. The molecule has 1 aromatic carbocycles. The van der Waals surface area contributed by atoms with Gasteiger partial charge in [-0.25, -0.2) is 0 Å². The Morgan fingerprint density at radius 3 is 2.64 bits per heavy atom. The van der Waals surface area contributed by atoms with Gasteiger partial charge in [0.15, 0.2) is 0 Å². The summed E-state index contributed by atoms with van der Waals surface area (Å²) in [6, 6.07) is 12.1. The SMILES string of the molecule is CCCC(=NCC#N)c1ccccc1. The van der Waals surface area contributed by atoms with Gasteiger partial charge in [0.1, 0.15) is 6.54 Å². The van der Waals surface area contributed by atoms with Crippen LogP contribution in [0, 0.1) is 11.3 Å². The predicted molar refractivity (Wildman–Crippen MR) is 58.4 cm³/mol. The van der Waals surface area contributed by atoms with Crippen molar-refractivity contribution in [2.45, 2.75) is 19.8 Å². The van der Waals surface area contributed by atoms with Crippen LogP contribution >= 0.6 is 0 Å².